The fourth-order valence-corrected chi connectivity index (χ4v) is 1.45. The fraction of sp³-hybridized carbons (Fsp3) is 0.250. The summed E-state index contributed by atoms with van der Waals surface area (Å²) in [6.07, 6.45) is 2.81. The van der Waals surface area contributed by atoms with E-state index >= 15 is 0 Å². The number of rotatable bonds is 4. The maximum Gasteiger partial charge on any atom is 0.151 e. The molecule has 0 fully saturated rings. The quantitative estimate of drug-likeness (QED) is 0.825. The Morgan fingerprint density at radius 1 is 1.12 bits per heavy atom. The molecule has 2 aromatic rings. The average Bonchev–Trinajstić information content (AvgIpc) is 2.37. The molecule has 1 aromatic heterocycles. The van der Waals surface area contributed by atoms with Gasteiger partial charge in [0.05, 0.1) is 11.9 Å². The Hall–Kier alpha value is -2.01. The van der Waals surface area contributed by atoms with E-state index in [9.17, 15) is 5.11 Å². The van der Waals surface area contributed by atoms with Crippen molar-refractivity contribution in [1.29, 1.82) is 0 Å². The van der Waals surface area contributed by atoms with Crippen molar-refractivity contribution < 1.29 is 10.2 Å². The lowest BCUT2D eigenvalue weighted by molar-refractivity contribution is 0.287. The van der Waals surface area contributed by atoms with Crippen molar-refractivity contribution in [2.75, 3.05) is 6.61 Å². The van der Waals surface area contributed by atoms with Crippen molar-refractivity contribution in [3.8, 4) is 17.0 Å². The van der Waals surface area contributed by atoms with Crippen LogP contribution in [0.5, 0.6) is 5.75 Å². The van der Waals surface area contributed by atoms with Gasteiger partial charge in [0.25, 0.3) is 0 Å². The molecule has 0 aliphatic heterocycles. The van der Waals surface area contributed by atoms with Crippen LogP contribution in [0.4, 0.5) is 0 Å². The van der Waals surface area contributed by atoms with Gasteiger partial charge in [0.15, 0.2) is 5.82 Å². The molecule has 5 nitrogen and oxygen atoms in total. The first kappa shape index (κ1) is 11.5. The van der Waals surface area contributed by atoms with Crippen LogP contribution in [-0.4, -0.2) is 32.0 Å². The second-order valence-corrected chi connectivity index (χ2v) is 3.63. The summed E-state index contributed by atoms with van der Waals surface area (Å²) in [5, 5.41) is 25.7. The SMILES string of the molecule is OCCCc1nncc(-c2ccc(O)cc2)n1. The summed E-state index contributed by atoms with van der Waals surface area (Å²) in [4.78, 5) is 4.34. The Labute approximate surface area is 98.8 Å². The molecule has 0 saturated carbocycles. The summed E-state index contributed by atoms with van der Waals surface area (Å²) in [5.41, 5.74) is 1.59. The topological polar surface area (TPSA) is 79.1 Å². The van der Waals surface area contributed by atoms with Crippen LogP contribution in [0.2, 0.25) is 0 Å². The number of hydrogen-bond donors (Lipinski definition) is 2. The number of phenolic OH excluding ortho intramolecular Hbond substituents is 1. The highest BCUT2D eigenvalue weighted by Crippen LogP contribution is 2.19. The Bertz CT molecular complexity index is 485. The molecule has 0 atom stereocenters. The Balaban J connectivity index is 2.23. The predicted molar refractivity (Wildman–Crippen MR) is 62.3 cm³/mol. The summed E-state index contributed by atoms with van der Waals surface area (Å²) in [7, 11) is 0. The lowest BCUT2D eigenvalue weighted by Crippen LogP contribution is -2.00. The fourth-order valence-electron chi connectivity index (χ4n) is 1.45. The van der Waals surface area contributed by atoms with Gasteiger partial charge in [-0.15, -0.1) is 5.10 Å². The minimum Gasteiger partial charge on any atom is -0.508 e. The van der Waals surface area contributed by atoms with E-state index in [1.165, 1.54) is 0 Å². The second-order valence-electron chi connectivity index (χ2n) is 3.63. The molecule has 0 spiro atoms. The summed E-state index contributed by atoms with van der Waals surface area (Å²) in [6.45, 7) is 0.118. The molecule has 0 aliphatic rings. The van der Waals surface area contributed by atoms with Gasteiger partial charge in [0.1, 0.15) is 5.75 Å². The average molecular weight is 231 g/mol. The number of benzene rings is 1. The molecule has 0 aliphatic carbocycles. The lowest BCUT2D eigenvalue weighted by Gasteiger charge is -2.02. The van der Waals surface area contributed by atoms with Gasteiger partial charge in [-0.05, 0) is 30.7 Å². The van der Waals surface area contributed by atoms with Gasteiger partial charge in [0.2, 0.25) is 0 Å². The molecule has 17 heavy (non-hydrogen) atoms. The molecular formula is C12H13N3O2. The summed E-state index contributed by atoms with van der Waals surface area (Å²) in [6, 6.07) is 6.75. The standard InChI is InChI=1S/C12H13N3O2/c16-7-1-2-12-14-11(8-13-15-12)9-3-5-10(17)6-4-9/h3-6,8,16-17H,1-2,7H2. The van der Waals surface area contributed by atoms with E-state index in [0.717, 1.165) is 5.56 Å². The smallest absolute Gasteiger partial charge is 0.151 e. The number of hydrogen-bond acceptors (Lipinski definition) is 5. The van der Waals surface area contributed by atoms with Gasteiger partial charge in [-0.1, -0.05) is 0 Å². The Morgan fingerprint density at radius 2 is 1.88 bits per heavy atom. The lowest BCUT2D eigenvalue weighted by atomic mass is 10.1. The zero-order valence-electron chi connectivity index (χ0n) is 9.24. The van der Waals surface area contributed by atoms with Crippen LogP contribution >= 0.6 is 0 Å². The zero-order chi connectivity index (χ0) is 12.1. The molecule has 2 N–H and O–H groups in total. The van der Waals surface area contributed by atoms with E-state index in [0.29, 0.717) is 24.4 Å². The molecule has 1 aromatic carbocycles. The number of aryl methyl sites for hydroxylation is 1. The first-order chi connectivity index (χ1) is 8.29. The number of aliphatic hydroxyl groups is 1. The molecule has 2 rings (SSSR count). The third-order valence-corrected chi connectivity index (χ3v) is 2.32. The summed E-state index contributed by atoms with van der Waals surface area (Å²) < 4.78 is 0. The number of aromatic hydroxyl groups is 1. The van der Waals surface area contributed by atoms with Crippen LogP contribution in [0.3, 0.4) is 0 Å². The van der Waals surface area contributed by atoms with Crippen molar-refractivity contribution in [2.45, 2.75) is 12.8 Å². The van der Waals surface area contributed by atoms with Gasteiger partial charge in [-0.2, -0.15) is 5.10 Å². The molecule has 1 heterocycles. The monoisotopic (exact) mass is 231 g/mol. The highest BCUT2D eigenvalue weighted by atomic mass is 16.3. The van der Waals surface area contributed by atoms with E-state index < -0.39 is 0 Å². The third-order valence-electron chi connectivity index (χ3n) is 2.32. The highest BCUT2D eigenvalue weighted by Gasteiger charge is 2.03. The van der Waals surface area contributed by atoms with Crippen LogP contribution < -0.4 is 0 Å². The summed E-state index contributed by atoms with van der Waals surface area (Å²) >= 11 is 0. The predicted octanol–water partition coefficient (Wildman–Crippen LogP) is 1.17. The van der Waals surface area contributed by atoms with Crippen LogP contribution in [-0.2, 0) is 6.42 Å². The molecule has 0 unspecified atom stereocenters. The van der Waals surface area contributed by atoms with E-state index in [-0.39, 0.29) is 12.4 Å². The molecule has 0 saturated heterocycles. The maximum absolute atomic E-state index is 9.20. The zero-order valence-corrected chi connectivity index (χ0v) is 9.24. The highest BCUT2D eigenvalue weighted by molar-refractivity contribution is 5.58. The Kier molecular flexibility index (Phi) is 3.62. The number of aliphatic hydroxyl groups excluding tert-OH is 1. The molecule has 0 radical (unpaired) electrons. The molecular weight excluding hydrogens is 218 g/mol. The minimum absolute atomic E-state index is 0.118. The van der Waals surface area contributed by atoms with Crippen LogP contribution in [0.1, 0.15) is 12.2 Å². The maximum atomic E-state index is 9.20. The van der Waals surface area contributed by atoms with Gasteiger partial charge < -0.3 is 10.2 Å². The van der Waals surface area contributed by atoms with Crippen molar-refractivity contribution in [3.05, 3.63) is 36.3 Å². The van der Waals surface area contributed by atoms with Crippen molar-refractivity contribution >= 4 is 0 Å². The van der Waals surface area contributed by atoms with E-state index in [1.54, 1.807) is 30.5 Å². The van der Waals surface area contributed by atoms with Crippen molar-refractivity contribution in [2.24, 2.45) is 0 Å². The number of nitrogens with zero attached hydrogens (tertiary/aromatic N) is 3. The minimum atomic E-state index is 0.118. The van der Waals surface area contributed by atoms with Crippen LogP contribution in [0.15, 0.2) is 30.5 Å². The van der Waals surface area contributed by atoms with Crippen LogP contribution in [0.25, 0.3) is 11.3 Å². The first-order valence-electron chi connectivity index (χ1n) is 5.38. The van der Waals surface area contributed by atoms with E-state index in [2.05, 4.69) is 15.2 Å². The summed E-state index contributed by atoms with van der Waals surface area (Å²) in [5.74, 6) is 0.834. The molecule has 0 amide bonds. The van der Waals surface area contributed by atoms with E-state index in [1.807, 2.05) is 0 Å². The number of aromatic nitrogens is 3. The van der Waals surface area contributed by atoms with Gasteiger partial charge in [-0.3, -0.25) is 0 Å². The first-order valence-corrected chi connectivity index (χ1v) is 5.38. The van der Waals surface area contributed by atoms with Crippen molar-refractivity contribution in [3.63, 3.8) is 0 Å². The molecule has 88 valence electrons. The largest absolute Gasteiger partial charge is 0.508 e. The van der Waals surface area contributed by atoms with Gasteiger partial charge in [-0.25, -0.2) is 4.98 Å². The van der Waals surface area contributed by atoms with Crippen molar-refractivity contribution in [1.82, 2.24) is 15.2 Å². The second kappa shape index (κ2) is 5.36. The normalized spacial score (nSPS) is 10.4. The number of phenols is 1. The van der Waals surface area contributed by atoms with E-state index in [4.69, 9.17) is 5.11 Å². The third kappa shape index (κ3) is 2.98. The van der Waals surface area contributed by atoms with Gasteiger partial charge in [0, 0.05) is 18.6 Å². The molecule has 5 heteroatoms. The van der Waals surface area contributed by atoms with Crippen LogP contribution in [0, 0.1) is 0 Å². The Morgan fingerprint density at radius 3 is 2.59 bits per heavy atom. The van der Waals surface area contributed by atoms with Gasteiger partial charge >= 0.3 is 0 Å². The molecule has 0 bridgehead atoms.